The third kappa shape index (κ3) is 4.48. The summed E-state index contributed by atoms with van der Waals surface area (Å²) in [7, 11) is -3.32. The van der Waals surface area contributed by atoms with Crippen molar-refractivity contribution in [2.45, 2.75) is 30.3 Å². The number of carbonyl (C=O) groups excluding carboxylic acids is 2. The number of nitrogens with one attached hydrogen (secondary N) is 4. The van der Waals surface area contributed by atoms with Crippen LogP contribution >= 0.6 is 0 Å². The predicted molar refractivity (Wildman–Crippen MR) is 119 cm³/mol. The Bertz CT molecular complexity index is 1430. The van der Waals surface area contributed by atoms with Crippen LogP contribution in [0.5, 0.6) is 0 Å². The van der Waals surface area contributed by atoms with Crippen LogP contribution in [-0.4, -0.2) is 52.2 Å². The van der Waals surface area contributed by atoms with Crippen molar-refractivity contribution >= 4 is 45.4 Å². The molecule has 1 aromatic carbocycles. The summed E-state index contributed by atoms with van der Waals surface area (Å²) in [5, 5.41) is 15.4. The number of imide groups is 1. The Balaban J connectivity index is 1.48. The molecule has 2 aliphatic rings. The summed E-state index contributed by atoms with van der Waals surface area (Å²) in [6, 6.07) is 6.34. The Morgan fingerprint density at radius 2 is 2.03 bits per heavy atom. The maximum Gasteiger partial charge on any atom is 0.326 e. The van der Waals surface area contributed by atoms with Crippen molar-refractivity contribution in [3.05, 3.63) is 47.3 Å². The van der Waals surface area contributed by atoms with Crippen LogP contribution in [0.4, 0.5) is 16.7 Å². The minimum Gasteiger partial charge on any atom is -0.351 e. The van der Waals surface area contributed by atoms with E-state index in [2.05, 4.69) is 36.3 Å². The van der Waals surface area contributed by atoms with Crippen LogP contribution in [0.15, 0.2) is 41.1 Å². The SMILES string of the molecule is CS(=O)(=O)c1cccc(CNc2nc(NC3CC3)n3ncc(/C=C4\NC(=O)NC4=O)c3n2)c1. The molecule has 0 unspecified atom stereocenters. The second-order valence-corrected chi connectivity index (χ2v) is 9.88. The van der Waals surface area contributed by atoms with Crippen LogP contribution in [0.25, 0.3) is 11.7 Å². The number of anilines is 2. The van der Waals surface area contributed by atoms with Crippen LogP contribution < -0.4 is 21.3 Å². The number of hydrogen-bond acceptors (Lipinski definition) is 9. The van der Waals surface area contributed by atoms with Crippen LogP contribution in [0.1, 0.15) is 24.0 Å². The third-order valence-electron chi connectivity index (χ3n) is 5.10. The number of aromatic nitrogens is 4. The zero-order valence-electron chi connectivity index (χ0n) is 17.5. The summed E-state index contributed by atoms with van der Waals surface area (Å²) in [5.74, 6) is 0.253. The van der Waals surface area contributed by atoms with Crippen molar-refractivity contribution < 1.29 is 18.0 Å². The molecule has 3 amide bonds. The van der Waals surface area contributed by atoms with Gasteiger partial charge in [0, 0.05) is 24.4 Å². The fourth-order valence-corrected chi connectivity index (χ4v) is 3.98. The number of benzene rings is 1. The average Bonchev–Trinajstić information content (AvgIpc) is 3.40. The first-order valence-corrected chi connectivity index (χ1v) is 12.0. The molecule has 3 aromatic rings. The number of carbonyl (C=O) groups is 2. The van der Waals surface area contributed by atoms with Crippen LogP contribution in [0, 0.1) is 0 Å². The molecule has 1 aliphatic carbocycles. The number of nitrogens with zero attached hydrogens (tertiary/aromatic N) is 4. The first kappa shape index (κ1) is 20.9. The molecule has 5 rings (SSSR count). The molecule has 1 saturated heterocycles. The summed E-state index contributed by atoms with van der Waals surface area (Å²) in [4.78, 5) is 32.6. The van der Waals surface area contributed by atoms with E-state index in [-0.39, 0.29) is 10.6 Å². The first-order valence-electron chi connectivity index (χ1n) is 10.2. The summed E-state index contributed by atoms with van der Waals surface area (Å²) in [5.41, 5.74) is 1.80. The molecule has 2 fully saturated rings. The van der Waals surface area contributed by atoms with Crippen LogP contribution in [-0.2, 0) is 21.2 Å². The maximum atomic E-state index is 11.9. The van der Waals surface area contributed by atoms with Crippen molar-refractivity contribution in [1.29, 1.82) is 0 Å². The van der Waals surface area contributed by atoms with Gasteiger partial charge in [-0.3, -0.25) is 10.1 Å². The lowest BCUT2D eigenvalue weighted by molar-refractivity contribution is -0.115. The molecule has 0 radical (unpaired) electrons. The quantitative estimate of drug-likeness (QED) is 0.292. The van der Waals surface area contributed by atoms with Gasteiger partial charge >= 0.3 is 6.03 Å². The summed E-state index contributed by atoms with van der Waals surface area (Å²) in [6.45, 7) is 0.297. The van der Waals surface area contributed by atoms with Crippen molar-refractivity contribution in [3.8, 4) is 0 Å². The Morgan fingerprint density at radius 1 is 1.21 bits per heavy atom. The number of fused-ring (bicyclic) bond motifs is 1. The highest BCUT2D eigenvalue weighted by Crippen LogP contribution is 2.26. The van der Waals surface area contributed by atoms with Crippen molar-refractivity contribution in [2.75, 3.05) is 16.9 Å². The predicted octanol–water partition coefficient (Wildman–Crippen LogP) is 0.894. The van der Waals surface area contributed by atoms with Gasteiger partial charge in [-0.25, -0.2) is 13.2 Å². The van der Waals surface area contributed by atoms with Gasteiger partial charge in [-0.2, -0.15) is 19.6 Å². The van der Waals surface area contributed by atoms with E-state index in [1.54, 1.807) is 24.3 Å². The average molecular weight is 468 g/mol. The highest BCUT2D eigenvalue weighted by atomic mass is 32.2. The van der Waals surface area contributed by atoms with Gasteiger partial charge in [-0.1, -0.05) is 12.1 Å². The second-order valence-electron chi connectivity index (χ2n) is 7.86. The molecule has 33 heavy (non-hydrogen) atoms. The normalized spacial score (nSPS) is 17.3. The van der Waals surface area contributed by atoms with Crippen molar-refractivity contribution in [2.24, 2.45) is 0 Å². The lowest BCUT2D eigenvalue weighted by atomic mass is 10.2. The number of sulfone groups is 1. The first-order chi connectivity index (χ1) is 15.8. The van der Waals surface area contributed by atoms with Gasteiger partial charge in [0.25, 0.3) is 5.91 Å². The third-order valence-corrected chi connectivity index (χ3v) is 6.21. The van der Waals surface area contributed by atoms with Gasteiger partial charge in [0.15, 0.2) is 15.5 Å². The van der Waals surface area contributed by atoms with Gasteiger partial charge in [-0.05, 0) is 36.6 Å². The van der Waals surface area contributed by atoms with E-state index in [0.717, 1.165) is 24.7 Å². The van der Waals surface area contributed by atoms with Gasteiger partial charge in [0.1, 0.15) is 5.70 Å². The Kier molecular flexibility index (Phi) is 4.96. The van der Waals surface area contributed by atoms with Crippen molar-refractivity contribution in [1.82, 2.24) is 30.2 Å². The summed E-state index contributed by atoms with van der Waals surface area (Å²) >= 11 is 0. The molecule has 4 N–H and O–H groups in total. The zero-order chi connectivity index (χ0) is 23.2. The summed E-state index contributed by atoms with van der Waals surface area (Å²) in [6.07, 6.45) is 6.24. The lowest BCUT2D eigenvalue weighted by Crippen LogP contribution is -2.22. The number of hydrogen-bond donors (Lipinski definition) is 4. The molecule has 3 heterocycles. The number of rotatable bonds is 7. The van der Waals surface area contributed by atoms with Gasteiger partial charge in [0.05, 0.1) is 11.1 Å². The van der Waals surface area contributed by atoms with E-state index in [9.17, 15) is 18.0 Å². The van der Waals surface area contributed by atoms with Crippen LogP contribution in [0.3, 0.4) is 0 Å². The Labute approximate surface area is 188 Å². The molecular formula is C20H20N8O4S. The Morgan fingerprint density at radius 3 is 2.73 bits per heavy atom. The molecule has 1 saturated carbocycles. The smallest absolute Gasteiger partial charge is 0.326 e. The number of urea groups is 1. The molecule has 1 aliphatic heterocycles. The number of amides is 3. The monoisotopic (exact) mass is 468 g/mol. The molecule has 0 bridgehead atoms. The van der Waals surface area contributed by atoms with Crippen molar-refractivity contribution in [3.63, 3.8) is 0 Å². The second kappa shape index (κ2) is 7.85. The van der Waals surface area contributed by atoms with E-state index in [4.69, 9.17) is 0 Å². The molecule has 13 heteroatoms. The minimum absolute atomic E-state index is 0.0947. The maximum absolute atomic E-state index is 11.9. The standard InChI is InChI=1S/C20H20N8O4S/c1-33(31,32)14-4-2-3-11(7-14)9-21-18-25-16-12(8-15-17(29)26-20(30)24-15)10-22-28(16)19(27-18)23-13-5-6-13/h2-4,7-8,10,13H,5-6,9H2,1H3,(H2,21,23,25,27)(H2,24,26,29,30)/b15-8-. The highest BCUT2D eigenvalue weighted by Gasteiger charge is 2.26. The lowest BCUT2D eigenvalue weighted by Gasteiger charge is -2.11. The zero-order valence-corrected chi connectivity index (χ0v) is 18.3. The van der Waals surface area contributed by atoms with E-state index < -0.39 is 21.8 Å². The molecule has 170 valence electrons. The van der Waals surface area contributed by atoms with Gasteiger partial charge in [-0.15, -0.1) is 0 Å². The molecule has 2 aromatic heterocycles. The largest absolute Gasteiger partial charge is 0.351 e. The minimum atomic E-state index is -3.32. The highest BCUT2D eigenvalue weighted by molar-refractivity contribution is 7.90. The Hall–Kier alpha value is -4.00. The van der Waals surface area contributed by atoms with E-state index in [1.807, 2.05) is 0 Å². The molecule has 0 spiro atoms. The molecular weight excluding hydrogens is 448 g/mol. The van der Waals surface area contributed by atoms with Gasteiger partial charge < -0.3 is 16.0 Å². The fourth-order valence-electron chi connectivity index (χ4n) is 3.28. The fraction of sp³-hybridized carbons (Fsp3) is 0.250. The van der Waals surface area contributed by atoms with E-state index in [0.29, 0.717) is 35.7 Å². The van der Waals surface area contributed by atoms with Crippen LogP contribution in [0.2, 0.25) is 0 Å². The van der Waals surface area contributed by atoms with E-state index in [1.165, 1.54) is 16.8 Å². The topological polar surface area (TPSA) is 159 Å². The summed E-state index contributed by atoms with van der Waals surface area (Å²) < 4.78 is 25.2. The molecule has 0 atom stereocenters. The van der Waals surface area contributed by atoms with E-state index >= 15 is 0 Å². The van der Waals surface area contributed by atoms with Gasteiger partial charge in [0.2, 0.25) is 11.9 Å². The molecule has 12 nitrogen and oxygen atoms in total.